The summed E-state index contributed by atoms with van der Waals surface area (Å²) in [5.41, 5.74) is 1.77. The van der Waals surface area contributed by atoms with E-state index in [0.717, 1.165) is 16.3 Å². The SMILES string of the molecule is COc1c(-c2ccc3ccccc3c2)cc(CCC(=O)O)cc1[N+](=O)[O-]. The van der Waals surface area contributed by atoms with Gasteiger partial charge in [0.2, 0.25) is 5.75 Å². The van der Waals surface area contributed by atoms with Crippen molar-refractivity contribution in [2.45, 2.75) is 12.8 Å². The number of ether oxygens (including phenoxy) is 1. The summed E-state index contributed by atoms with van der Waals surface area (Å²) >= 11 is 0. The molecule has 0 aliphatic rings. The smallest absolute Gasteiger partial charge is 0.311 e. The fraction of sp³-hybridized carbons (Fsp3) is 0.150. The van der Waals surface area contributed by atoms with Gasteiger partial charge in [0, 0.05) is 18.1 Å². The van der Waals surface area contributed by atoms with E-state index in [4.69, 9.17) is 9.84 Å². The average molecular weight is 351 g/mol. The van der Waals surface area contributed by atoms with E-state index < -0.39 is 10.9 Å². The van der Waals surface area contributed by atoms with E-state index in [2.05, 4.69) is 0 Å². The van der Waals surface area contributed by atoms with E-state index in [1.54, 1.807) is 6.07 Å². The van der Waals surface area contributed by atoms with Gasteiger partial charge in [-0.3, -0.25) is 14.9 Å². The van der Waals surface area contributed by atoms with Crippen molar-refractivity contribution in [3.8, 4) is 16.9 Å². The molecule has 0 unspecified atom stereocenters. The van der Waals surface area contributed by atoms with Crippen LogP contribution in [0.3, 0.4) is 0 Å². The zero-order valence-electron chi connectivity index (χ0n) is 14.1. The number of hydrogen-bond donors (Lipinski definition) is 1. The Morgan fingerprint density at radius 1 is 1.12 bits per heavy atom. The quantitative estimate of drug-likeness (QED) is 0.524. The van der Waals surface area contributed by atoms with Gasteiger partial charge in [0.15, 0.2) is 0 Å². The zero-order chi connectivity index (χ0) is 18.7. The Morgan fingerprint density at radius 3 is 2.50 bits per heavy atom. The minimum absolute atomic E-state index is 0.0966. The Hall–Kier alpha value is -3.41. The monoisotopic (exact) mass is 351 g/mol. The highest BCUT2D eigenvalue weighted by molar-refractivity contribution is 5.89. The lowest BCUT2D eigenvalue weighted by molar-refractivity contribution is -0.385. The second kappa shape index (κ2) is 7.23. The third kappa shape index (κ3) is 3.49. The molecule has 1 N–H and O–H groups in total. The zero-order valence-corrected chi connectivity index (χ0v) is 14.1. The lowest BCUT2D eigenvalue weighted by atomic mass is 9.96. The standard InChI is InChI=1S/C20H17NO5/c1-26-20-17(16-8-7-14-4-2-3-5-15(14)12-16)10-13(6-9-19(22)23)11-18(20)21(24)25/h2-5,7-8,10-12H,6,9H2,1H3,(H,22,23). The van der Waals surface area contributed by atoms with Crippen LogP contribution in [0.5, 0.6) is 5.75 Å². The predicted octanol–water partition coefficient (Wildman–Crippen LogP) is 4.44. The van der Waals surface area contributed by atoms with Crippen LogP contribution >= 0.6 is 0 Å². The molecule has 0 aliphatic carbocycles. The maximum atomic E-state index is 11.5. The topological polar surface area (TPSA) is 89.7 Å². The number of aryl methyl sites for hydroxylation is 1. The summed E-state index contributed by atoms with van der Waals surface area (Å²) in [6.45, 7) is 0. The van der Waals surface area contributed by atoms with Gasteiger partial charge in [0.25, 0.3) is 0 Å². The molecule has 0 saturated carbocycles. The third-order valence-corrected chi connectivity index (χ3v) is 4.22. The van der Waals surface area contributed by atoms with Crippen molar-refractivity contribution in [2.75, 3.05) is 7.11 Å². The van der Waals surface area contributed by atoms with Gasteiger partial charge < -0.3 is 9.84 Å². The fourth-order valence-electron chi connectivity index (χ4n) is 2.99. The first kappa shape index (κ1) is 17.4. The normalized spacial score (nSPS) is 10.7. The van der Waals surface area contributed by atoms with Crippen molar-refractivity contribution in [1.29, 1.82) is 0 Å². The summed E-state index contributed by atoms with van der Waals surface area (Å²) in [4.78, 5) is 21.8. The number of fused-ring (bicyclic) bond motifs is 1. The number of nitro benzene ring substituents is 1. The molecule has 3 aromatic carbocycles. The number of carbonyl (C=O) groups is 1. The Balaban J connectivity index is 2.18. The van der Waals surface area contributed by atoms with Crippen LogP contribution in [0, 0.1) is 10.1 Å². The van der Waals surface area contributed by atoms with E-state index in [0.29, 0.717) is 11.1 Å². The predicted molar refractivity (Wildman–Crippen MR) is 98.5 cm³/mol. The molecule has 0 aliphatic heterocycles. The molecule has 0 bridgehead atoms. The molecule has 0 heterocycles. The lowest BCUT2D eigenvalue weighted by Crippen LogP contribution is -2.01. The second-order valence-electron chi connectivity index (χ2n) is 5.91. The van der Waals surface area contributed by atoms with Gasteiger partial charge in [-0.05, 0) is 40.5 Å². The summed E-state index contributed by atoms with van der Waals surface area (Å²) in [6.07, 6.45) is 0.112. The van der Waals surface area contributed by atoms with Crippen LogP contribution in [0.15, 0.2) is 54.6 Å². The Labute approximate surface area is 149 Å². The molecule has 0 atom stereocenters. The minimum atomic E-state index is -0.948. The molecular formula is C20H17NO5. The highest BCUT2D eigenvalue weighted by Crippen LogP contribution is 2.40. The van der Waals surface area contributed by atoms with Crippen LogP contribution < -0.4 is 4.74 Å². The summed E-state index contributed by atoms with van der Waals surface area (Å²) in [5, 5.41) is 22.4. The summed E-state index contributed by atoms with van der Waals surface area (Å²) in [5.74, 6) is -0.778. The van der Waals surface area contributed by atoms with Crippen LogP contribution in [0.4, 0.5) is 5.69 Å². The maximum absolute atomic E-state index is 11.5. The molecule has 132 valence electrons. The van der Waals surface area contributed by atoms with Crippen molar-refractivity contribution >= 4 is 22.4 Å². The lowest BCUT2D eigenvalue weighted by Gasteiger charge is -2.12. The Bertz CT molecular complexity index is 997. The fourth-order valence-corrected chi connectivity index (χ4v) is 2.99. The number of carboxylic acids is 1. The van der Waals surface area contributed by atoms with E-state index >= 15 is 0 Å². The number of hydrogen-bond acceptors (Lipinski definition) is 4. The molecule has 0 saturated heterocycles. The molecule has 0 aromatic heterocycles. The molecule has 3 rings (SSSR count). The highest BCUT2D eigenvalue weighted by atomic mass is 16.6. The molecule has 26 heavy (non-hydrogen) atoms. The summed E-state index contributed by atoms with van der Waals surface area (Å²) in [6, 6.07) is 16.7. The first-order valence-electron chi connectivity index (χ1n) is 8.06. The largest absolute Gasteiger partial charge is 0.490 e. The van der Waals surface area contributed by atoms with Crippen molar-refractivity contribution in [1.82, 2.24) is 0 Å². The minimum Gasteiger partial charge on any atom is -0.490 e. The van der Waals surface area contributed by atoms with Crippen LogP contribution in [0.2, 0.25) is 0 Å². The first-order valence-corrected chi connectivity index (χ1v) is 8.06. The number of nitrogens with zero attached hydrogens (tertiary/aromatic N) is 1. The summed E-state index contributed by atoms with van der Waals surface area (Å²) in [7, 11) is 1.39. The van der Waals surface area contributed by atoms with Gasteiger partial charge in [-0.1, -0.05) is 36.4 Å². The van der Waals surface area contributed by atoms with Gasteiger partial charge in [0.1, 0.15) is 0 Å². The molecule has 3 aromatic rings. The van der Waals surface area contributed by atoms with Crippen LogP contribution in [0.1, 0.15) is 12.0 Å². The maximum Gasteiger partial charge on any atom is 0.311 e. The van der Waals surface area contributed by atoms with E-state index in [9.17, 15) is 14.9 Å². The Kier molecular flexibility index (Phi) is 4.84. The molecule has 0 spiro atoms. The second-order valence-corrected chi connectivity index (χ2v) is 5.91. The molecule has 6 heteroatoms. The number of carboxylic acid groups (broad SMARTS) is 1. The van der Waals surface area contributed by atoms with Crippen LogP contribution in [-0.4, -0.2) is 23.1 Å². The number of rotatable bonds is 6. The van der Waals surface area contributed by atoms with E-state index in [1.807, 2.05) is 42.5 Å². The molecule has 6 nitrogen and oxygen atoms in total. The van der Waals surface area contributed by atoms with E-state index in [-0.39, 0.29) is 24.3 Å². The average Bonchev–Trinajstić information content (AvgIpc) is 2.65. The van der Waals surface area contributed by atoms with Crippen LogP contribution in [0.25, 0.3) is 21.9 Å². The molecule has 0 radical (unpaired) electrons. The van der Waals surface area contributed by atoms with Gasteiger partial charge in [-0.15, -0.1) is 0 Å². The van der Waals surface area contributed by atoms with Crippen molar-refractivity contribution in [2.24, 2.45) is 0 Å². The first-order chi connectivity index (χ1) is 12.5. The van der Waals surface area contributed by atoms with Gasteiger partial charge >= 0.3 is 11.7 Å². The molecular weight excluding hydrogens is 334 g/mol. The summed E-state index contributed by atoms with van der Waals surface area (Å²) < 4.78 is 5.33. The van der Waals surface area contributed by atoms with Crippen LogP contribution in [-0.2, 0) is 11.2 Å². The number of methoxy groups -OCH3 is 1. The van der Waals surface area contributed by atoms with Gasteiger partial charge in [-0.25, -0.2) is 0 Å². The van der Waals surface area contributed by atoms with Gasteiger partial charge in [-0.2, -0.15) is 0 Å². The van der Waals surface area contributed by atoms with Crippen molar-refractivity contribution in [3.05, 3.63) is 70.3 Å². The number of aliphatic carboxylic acids is 1. The Morgan fingerprint density at radius 2 is 1.85 bits per heavy atom. The molecule has 0 fully saturated rings. The number of nitro groups is 1. The highest BCUT2D eigenvalue weighted by Gasteiger charge is 2.22. The van der Waals surface area contributed by atoms with Crippen molar-refractivity contribution in [3.63, 3.8) is 0 Å². The third-order valence-electron chi connectivity index (χ3n) is 4.22. The van der Waals surface area contributed by atoms with Gasteiger partial charge in [0.05, 0.1) is 12.0 Å². The number of benzene rings is 3. The molecule has 0 amide bonds. The van der Waals surface area contributed by atoms with E-state index in [1.165, 1.54) is 13.2 Å². The van der Waals surface area contributed by atoms with Crippen molar-refractivity contribution < 1.29 is 19.6 Å².